The number of ether oxygens (including phenoxy) is 1. The van der Waals surface area contributed by atoms with Crippen molar-refractivity contribution in [1.82, 2.24) is 9.47 Å². The molecule has 3 rings (SSSR count). The molecule has 0 fully saturated rings. The molecule has 1 N–H and O–H groups in total. The summed E-state index contributed by atoms with van der Waals surface area (Å²) < 4.78 is 7.54. The number of benzene rings is 2. The lowest BCUT2D eigenvalue weighted by molar-refractivity contribution is 0.168. The van der Waals surface area contributed by atoms with E-state index in [0.29, 0.717) is 30.4 Å². The predicted molar refractivity (Wildman–Crippen MR) is 127 cm³/mol. The smallest absolute Gasteiger partial charge is 0.322 e. The number of rotatable bonds is 8. The van der Waals surface area contributed by atoms with Crippen LogP contribution in [0.3, 0.4) is 0 Å². The third-order valence-electron chi connectivity index (χ3n) is 5.56. The minimum atomic E-state index is -0.152. The summed E-state index contributed by atoms with van der Waals surface area (Å²) in [4.78, 5) is 15.2. The number of amides is 2. The fourth-order valence-corrected chi connectivity index (χ4v) is 3.66. The van der Waals surface area contributed by atoms with Gasteiger partial charge in [0.2, 0.25) is 0 Å². The van der Waals surface area contributed by atoms with Crippen LogP contribution in [0, 0.1) is 5.92 Å². The van der Waals surface area contributed by atoms with Gasteiger partial charge < -0.3 is 19.5 Å². The van der Waals surface area contributed by atoms with Crippen LogP contribution in [-0.4, -0.2) is 28.6 Å². The first kappa shape index (κ1) is 22.8. The van der Waals surface area contributed by atoms with Crippen LogP contribution in [0.25, 0.3) is 0 Å². The van der Waals surface area contributed by atoms with Gasteiger partial charge in [0, 0.05) is 29.5 Å². The Hall–Kier alpha value is -2.92. The molecular formula is C25H30ClN3O2. The van der Waals surface area contributed by atoms with Gasteiger partial charge in [-0.15, -0.1) is 0 Å². The number of aromatic nitrogens is 1. The molecule has 0 saturated heterocycles. The number of carbonyl (C=O) groups is 1. The van der Waals surface area contributed by atoms with Gasteiger partial charge in [-0.3, -0.25) is 0 Å². The number of para-hydroxylation sites is 2. The van der Waals surface area contributed by atoms with E-state index in [4.69, 9.17) is 16.3 Å². The molecular weight excluding hydrogens is 410 g/mol. The second kappa shape index (κ2) is 10.4. The summed E-state index contributed by atoms with van der Waals surface area (Å²) in [5, 5.41) is 3.74. The fourth-order valence-electron chi connectivity index (χ4n) is 3.45. The second-order valence-corrected chi connectivity index (χ2v) is 8.44. The van der Waals surface area contributed by atoms with E-state index in [0.717, 1.165) is 16.3 Å². The maximum atomic E-state index is 13.3. The summed E-state index contributed by atoms with van der Waals surface area (Å²) in [6.45, 7) is 7.52. The number of anilines is 1. The first-order valence-electron chi connectivity index (χ1n) is 10.5. The van der Waals surface area contributed by atoms with E-state index >= 15 is 0 Å². The van der Waals surface area contributed by atoms with Crippen LogP contribution in [-0.2, 0) is 13.1 Å². The normalized spacial score (nSPS) is 11.9. The molecule has 31 heavy (non-hydrogen) atoms. The third-order valence-corrected chi connectivity index (χ3v) is 5.80. The van der Waals surface area contributed by atoms with E-state index in [9.17, 15) is 4.79 Å². The fraction of sp³-hybridized carbons (Fsp3) is 0.320. The van der Waals surface area contributed by atoms with Crippen molar-refractivity contribution in [2.45, 2.75) is 39.9 Å². The van der Waals surface area contributed by atoms with Crippen LogP contribution in [0.15, 0.2) is 66.9 Å². The lowest BCUT2D eigenvalue weighted by Crippen LogP contribution is -2.43. The van der Waals surface area contributed by atoms with Crippen molar-refractivity contribution in [1.29, 1.82) is 0 Å². The molecule has 0 aliphatic heterocycles. The van der Waals surface area contributed by atoms with E-state index in [2.05, 4.69) is 42.8 Å². The zero-order valence-corrected chi connectivity index (χ0v) is 19.3. The summed E-state index contributed by atoms with van der Waals surface area (Å²) in [5.41, 5.74) is 2.83. The molecule has 0 saturated carbocycles. The summed E-state index contributed by atoms with van der Waals surface area (Å²) in [5.74, 6) is 0.942. The van der Waals surface area contributed by atoms with Crippen LogP contribution in [0.1, 0.15) is 32.0 Å². The summed E-state index contributed by atoms with van der Waals surface area (Å²) in [7, 11) is 1.60. The van der Waals surface area contributed by atoms with Gasteiger partial charge in [0.1, 0.15) is 5.75 Å². The molecule has 1 heterocycles. The van der Waals surface area contributed by atoms with Crippen molar-refractivity contribution in [2.75, 3.05) is 12.4 Å². The molecule has 0 bridgehead atoms. The Bertz CT molecular complexity index is 1020. The molecule has 1 unspecified atom stereocenters. The van der Waals surface area contributed by atoms with Crippen LogP contribution in [0.2, 0.25) is 5.02 Å². The van der Waals surface area contributed by atoms with Crippen molar-refractivity contribution in [3.8, 4) is 5.75 Å². The van der Waals surface area contributed by atoms with Gasteiger partial charge in [-0.05, 0) is 54.8 Å². The molecule has 5 nitrogen and oxygen atoms in total. The van der Waals surface area contributed by atoms with Gasteiger partial charge in [-0.1, -0.05) is 49.7 Å². The van der Waals surface area contributed by atoms with Crippen LogP contribution >= 0.6 is 11.6 Å². The lowest BCUT2D eigenvalue weighted by atomic mass is 10.0. The Morgan fingerprint density at radius 1 is 1.10 bits per heavy atom. The average molecular weight is 440 g/mol. The number of nitrogens with zero attached hydrogens (tertiary/aromatic N) is 2. The summed E-state index contributed by atoms with van der Waals surface area (Å²) in [6, 6.07) is 19.2. The van der Waals surface area contributed by atoms with Gasteiger partial charge in [-0.25, -0.2) is 4.79 Å². The molecule has 1 atom stereocenters. The van der Waals surface area contributed by atoms with Crippen LogP contribution in [0.5, 0.6) is 5.75 Å². The van der Waals surface area contributed by atoms with E-state index in [1.54, 1.807) is 7.11 Å². The molecule has 1 aromatic heterocycles. The van der Waals surface area contributed by atoms with E-state index in [1.807, 2.05) is 59.6 Å². The Morgan fingerprint density at radius 3 is 2.58 bits per heavy atom. The van der Waals surface area contributed by atoms with Gasteiger partial charge >= 0.3 is 6.03 Å². The van der Waals surface area contributed by atoms with Crippen LogP contribution in [0.4, 0.5) is 10.5 Å². The maximum Gasteiger partial charge on any atom is 0.322 e. The molecule has 2 amide bonds. The van der Waals surface area contributed by atoms with E-state index in [1.165, 1.54) is 0 Å². The van der Waals surface area contributed by atoms with Gasteiger partial charge in [0.05, 0.1) is 19.3 Å². The molecule has 0 aliphatic rings. The molecule has 0 spiro atoms. The monoisotopic (exact) mass is 439 g/mol. The number of hydrogen-bond donors (Lipinski definition) is 1. The average Bonchev–Trinajstić information content (AvgIpc) is 3.18. The van der Waals surface area contributed by atoms with Crippen molar-refractivity contribution in [3.05, 3.63) is 83.1 Å². The highest BCUT2D eigenvalue weighted by molar-refractivity contribution is 6.30. The van der Waals surface area contributed by atoms with Gasteiger partial charge in [-0.2, -0.15) is 0 Å². The van der Waals surface area contributed by atoms with Crippen molar-refractivity contribution in [3.63, 3.8) is 0 Å². The SMILES string of the molecule is COc1ccccc1NC(=O)N(Cc1cccn1Cc1cccc(Cl)c1)C(C)C(C)C. The lowest BCUT2D eigenvalue weighted by Gasteiger charge is -2.32. The number of hydrogen-bond acceptors (Lipinski definition) is 2. The van der Waals surface area contributed by atoms with Crippen molar-refractivity contribution in [2.24, 2.45) is 5.92 Å². The first-order valence-corrected chi connectivity index (χ1v) is 10.9. The van der Waals surface area contributed by atoms with Crippen LogP contribution < -0.4 is 10.1 Å². The highest BCUT2D eigenvalue weighted by Gasteiger charge is 2.24. The molecule has 164 valence electrons. The minimum absolute atomic E-state index is 0.0456. The molecule has 2 aromatic carbocycles. The second-order valence-electron chi connectivity index (χ2n) is 8.00. The summed E-state index contributed by atoms with van der Waals surface area (Å²) in [6.07, 6.45) is 2.03. The Balaban J connectivity index is 1.82. The number of carbonyl (C=O) groups excluding carboxylic acids is 1. The van der Waals surface area contributed by atoms with Crippen molar-refractivity contribution >= 4 is 23.3 Å². The van der Waals surface area contributed by atoms with Crippen molar-refractivity contribution < 1.29 is 9.53 Å². The molecule has 6 heteroatoms. The highest BCUT2D eigenvalue weighted by Crippen LogP contribution is 2.25. The van der Waals surface area contributed by atoms with E-state index < -0.39 is 0 Å². The van der Waals surface area contributed by atoms with Gasteiger partial charge in [0.15, 0.2) is 0 Å². The minimum Gasteiger partial charge on any atom is -0.495 e. The number of nitrogens with one attached hydrogen (secondary N) is 1. The Kier molecular flexibility index (Phi) is 7.64. The predicted octanol–water partition coefficient (Wildman–Crippen LogP) is 6.28. The Labute approximate surface area is 189 Å². The van der Waals surface area contributed by atoms with E-state index in [-0.39, 0.29) is 12.1 Å². The van der Waals surface area contributed by atoms with Gasteiger partial charge in [0.25, 0.3) is 0 Å². The topological polar surface area (TPSA) is 46.5 Å². The summed E-state index contributed by atoms with van der Waals surface area (Å²) >= 11 is 6.15. The number of urea groups is 1. The largest absolute Gasteiger partial charge is 0.495 e. The Morgan fingerprint density at radius 2 is 1.87 bits per heavy atom. The quantitative estimate of drug-likeness (QED) is 0.449. The standard InChI is InChI=1S/C25H30ClN3O2/c1-18(2)19(3)29(25(30)27-23-12-5-6-13-24(23)31-4)17-22-11-8-14-28(22)16-20-9-7-10-21(26)15-20/h5-15,18-19H,16-17H2,1-4H3,(H,27,30). The molecule has 0 aliphatic carbocycles. The highest BCUT2D eigenvalue weighted by atomic mass is 35.5. The number of methoxy groups -OCH3 is 1. The number of halogens is 1. The zero-order valence-electron chi connectivity index (χ0n) is 18.5. The zero-order chi connectivity index (χ0) is 22.4. The first-order chi connectivity index (χ1) is 14.9. The maximum absolute atomic E-state index is 13.3. The third kappa shape index (κ3) is 5.82. The molecule has 3 aromatic rings. The molecule has 0 radical (unpaired) electrons.